The van der Waals surface area contributed by atoms with E-state index in [0.29, 0.717) is 35.2 Å². The smallest absolute Gasteiger partial charge is 0.260 e. The molecule has 2 aliphatic heterocycles. The number of benzene rings is 2. The highest BCUT2D eigenvalue weighted by atomic mass is 32.1. The number of H-pyrrole nitrogens is 1. The lowest BCUT2D eigenvalue weighted by Crippen LogP contribution is -3.10. The highest BCUT2D eigenvalue weighted by molar-refractivity contribution is 7.71. The molecule has 3 aromatic rings. The molecule has 33 heavy (non-hydrogen) atoms. The van der Waals surface area contributed by atoms with Crippen LogP contribution >= 0.6 is 12.2 Å². The van der Waals surface area contributed by atoms with Crippen molar-refractivity contribution in [1.29, 1.82) is 0 Å². The first-order valence-corrected chi connectivity index (χ1v) is 10.9. The van der Waals surface area contributed by atoms with Crippen LogP contribution in [0.3, 0.4) is 0 Å². The number of nitrogens with zero attached hydrogens (tertiary/aromatic N) is 1. The second-order valence-electron chi connectivity index (χ2n) is 8.01. The summed E-state index contributed by atoms with van der Waals surface area (Å²) in [4.78, 5) is 16.9. The van der Waals surface area contributed by atoms with Crippen molar-refractivity contribution in [2.75, 3.05) is 34.6 Å². The number of aromatic nitrogens is 2. The van der Waals surface area contributed by atoms with E-state index < -0.39 is 17.5 Å². The molecule has 10 heteroatoms. The minimum atomic E-state index is -0.582. The fourth-order valence-electron chi connectivity index (χ4n) is 4.69. The highest BCUT2D eigenvalue weighted by Crippen LogP contribution is 2.48. The predicted octanol–water partition coefficient (Wildman–Crippen LogP) is 0.875. The topological polar surface area (TPSA) is 102 Å². The van der Waals surface area contributed by atoms with E-state index in [1.54, 1.807) is 38.5 Å². The molecular weight excluding hydrogens is 446 g/mol. The van der Waals surface area contributed by atoms with E-state index in [4.69, 9.17) is 31.2 Å². The van der Waals surface area contributed by atoms with Gasteiger partial charge in [0.05, 0.1) is 44.6 Å². The number of hydrogen-bond acceptors (Lipinski definition) is 7. The molecule has 2 atom stereocenters. The molecule has 9 nitrogen and oxygen atoms in total. The SMILES string of the molecule is COc1cccc(-n2c([O-])c([C@H]3c4c(cc5c(c4OC)OCO5)CC[NH+]3C)c(=O)[nH]c2=S)c1. The summed E-state index contributed by atoms with van der Waals surface area (Å²) >= 11 is 5.37. The summed E-state index contributed by atoms with van der Waals surface area (Å²) in [6, 6.07) is 8.30. The Bertz CT molecular complexity index is 1370. The number of methoxy groups -OCH3 is 2. The maximum absolute atomic E-state index is 13.8. The van der Waals surface area contributed by atoms with E-state index in [1.165, 1.54) is 4.57 Å². The average Bonchev–Trinajstić information content (AvgIpc) is 3.27. The van der Waals surface area contributed by atoms with Crippen LogP contribution in [0.25, 0.3) is 5.69 Å². The van der Waals surface area contributed by atoms with Gasteiger partial charge in [0.2, 0.25) is 12.5 Å². The van der Waals surface area contributed by atoms with Crippen LogP contribution in [0.5, 0.6) is 28.9 Å². The second kappa shape index (κ2) is 8.13. The number of quaternary nitrogens is 1. The fraction of sp³-hybridized carbons (Fsp3) is 0.304. The summed E-state index contributed by atoms with van der Waals surface area (Å²) < 4.78 is 23.6. The Morgan fingerprint density at radius 2 is 2.03 bits per heavy atom. The van der Waals surface area contributed by atoms with Crippen LogP contribution in [0.1, 0.15) is 22.7 Å². The summed E-state index contributed by atoms with van der Waals surface area (Å²) in [5.74, 6) is 1.67. The highest BCUT2D eigenvalue weighted by Gasteiger charge is 2.39. The molecule has 5 rings (SSSR count). The number of nitrogens with one attached hydrogen (secondary N) is 2. The van der Waals surface area contributed by atoms with Crippen LogP contribution in [0.4, 0.5) is 0 Å². The van der Waals surface area contributed by atoms with E-state index in [0.717, 1.165) is 22.4 Å². The second-order valence-corrected chi connectivity index (χ2v) is 8.40. The maximum atomic E-state index is 13.8. The summed E-state index contributed by atoms with van der Waals surface area (Å²) in [6.07, 6.45) is 0.742. The quantitative estimate of drug-likeness (QED) is 0.547. The number of aromatic amines is 1. The molecule has 0 radical (unpaired) electrons. The summed E-state index contributed by atoms with van der Waals surface area (Å²) in [5.41, 5.74) is 1.79. The first kappa shape index (κ1) is 21.4. The molecule has 2 aromatic carbocycles. The van der Waals surface area contributed by atoms with Gasteiger partial charge in [-0.25, -0.2) is 0 Å². The number of rotatable bonds is 4. The van der Waals surface area contributed by atoms with Crippen molar-refractivity contribution in [2.45, 2.75) is 12.5 Å². The molecule has 0 amide bonds. The van der Waals surface area contributed by atoms with Crippen LogP contribution in [-0.4, -0.2) is 44.2 Å². The lowest BCUT2D eigenvalue weighted by molar-refractivity contribution is -0.908. The van der Waals surface area contributed by atoms with Gasteiger partial charge in [0.15, 0.2) is 16.3 Å². The van der Waals surface area contributed by atoms with E-state index in [9.17, 15) is 9.90 Å². The lowest BCUT2D eigenvalue weighted by Gasteiger charge is -2.35. The van der Waals surface area contributed by atoms with Gasteiger partial charge in [-0.15, -0.1) is 0 Å². The molecule has 0 fully saturated rings. The number of ether oxygens (including phenoxy) is 4. The van der Waals surface area contributed by atoms with Gasteiger partial charge >= 0.3 is 0 Å². The van der Waals surface area contributed by atoms with Gasteiger partial charge in [0.25, 0.3) is 5.56 Å². The Kier molecular flexibility index (Phi) is 5.26. The zero-order chi connectivity index (χ0) is 23.3. The summed E-state index contributed by atoms with van der Waals surface area (Å²) in [6.45, 7) is 0.809. The van der Waals surface area contributed by atoms with Crippen LogP contribution in [0, 0.1) is 4.77 Å². The van der Waals surface area contributed by atoms with Gasteiger partial charge in [0, 0.05) is 12.5 Å². The Labute approximate surface area is 194 Å². The van der Waals surface area contributed by atoms with Gasteiger partial charge in [-0.1, -0.05) is 6.07 Å². The van der Waals surface area contributed by atoms with Crippen molar-refractivity contribution in [3.8, 4) is 34.6 Å². The molecule has 0 spiro atoms. The van der Waals surface area contributed by atoms with Crippen LogP contribution in [0.15, 0.2) is 35.1 Å². The van der Waals surface area contributed by atoms with Crippen molar-refractivity contribution in [3.63, 3.8) is 0 Å². The molecule has 2 N–H and O–H groups in total. The van der Waals surface area contributed by atoms with Crippen molar-refractivity contribution in [2.24, 2.45) is 0 Å². The van der Waals surface area contributed by atoms with Crippen LogP contribution < -0.4 is 34.5 Å². The van der Waals surface area contributed by atoms with Crippen molar-refractivity contribution >= 4 is 12.2 Å². The minimum absolute atomic E-state index is 0.0216. The molecule has 0 saturated carbocycles. The predicted molar refractivity (Wildman–Crippen MR) is 120 cm³/mol. The monoisotopic (exact) mass is 469 g/mol. The minimum Gasteiger partial charge on any atom is -0.859 e. The zero-order valence-electron chi connectivity index (χ0n) is 18.4. The molecule has 0 bridgehead atoms. The summed E-state index contributed by atoms with van der Waals surface area (Å²) in [5, 5.41) is 13.8. The number of likely N-dealkylation sites (N-methyl/N-ethyl adjacent to an activating group) is 1. The van der Waals surface area contributed by atoms with Gasteiger partial charge in [-0.3, -0.25) is 9.78 Å². The average molecular weight is 470 g/mol. The third-order valence-electron chi connectivity index (χ3n) is 6.22. The Morgan fingerprint density at radius 1 is 1.21 bits per heavy atom. The van der Waals surface area contributed by atoms with Gasteiger partial charge in [-0.2, -0.15) is 0 Å². The number of hydrogen-bond donors (Lipinski definition) is 2. The largest absolute Gasteiger partial charge is 0.859 e. The first-order chi connectivity index (χ1) is 15.9. The Balaban J connectivity index is 1.78. The van der Waals surface area contributed by atoms with E-state index in [-0.39, 0.29) is 17.1 Å². The van der Waals surface area contributed by atoms with Crippen molar-refractivity contribution < 1.29 is 29.0 Å². The third-order valence-corrected chi connectivity index (χ3v) is 6.50. The lowest BCUT2D eigenvalue weighted by atomic mass is 9.87. The normalized spacial score (nSPS) is 18.6. The molecular formula is C23H23N3O6S. The molecule has 1 aromatic heterocycles. The maximum Gasteiger partial charge on any atom is 0.260 e. The third kappa shape index (κ3) is 3.33. The van der Waals surface area contributed by atoms with E-state index >= 15 is 0 Å². The fourth-order valence-corrected chi connectivity index (χ4v) is 4.97. The van der Waals surface area contributed by atoms with Crippen molar-refractivity contribution in [3.05, 3.63) is 62.1 Å². The van der Waals surface area contributed by atoms with E-state index in [2.05, 4.69) is 4.98 Å². The first-order valence-electron chi connectivity index (χ1n) is 10.5. The van der Waals surface area contributed by atoms with Gasteiger partial charge < -0.3 is 33.5 Å². The summed E-state index contributed by atoms with van der Waals surface area (Å²) in [7, 11) is 5.04. The molecule has 3 heterocycles. The van der Waals surface area contributed by atoms with Crippen molar-refractivity contribution in [1.82, 2.24) is 9.55 Å². The van der Waals surface area contributed by atoms with Crippen LogP contribution in [0.2, 0.25) is 0 Å². The Hall–Kier alpha value is -3.50. The molecule has 172 valence electrons. The Morgan fingerprint density at radius 3 is 2.79 bits per heavy atom. The number of fused-ring (bicyclic) bond motifs is 2. The zero-order valence-corrected chi connectivity index (χ0v) is 19.2. The van der Waals surface area contributed by atoms with E-state index in [1.807, 2.05) is 13.1 Å². The molecule has 1 unspecified atom stereocenters. The molecule has 2 aliphatic rings. The van der Waals surface area contributed by atoms with Gasteiger partial charge in [-0.05, 0) is 41.9 Å². The van der Waals surface area contributed by atoms with Crippen LogP contribution in [-0.2, 0) is 6.42 Å². The molecule has 0 saturated heterocycles. The van der Waals surface area contributed by atoms with Gasteiger partial charge in [0.1, 0.15) is 11.8 Å². The molecule has 0 aliphatic carbocycles. The standard InChI is InChI=1S/C23H23N3O6S/c1-25-8-7-12-9-15-19(32-11-31-15)20(30-3)16(12)18(25)17-21(27)24-23(33)26(22(17)28)13-5-4-6-14(10-13)29-2/h4-6,9-10,18,28H,7-8,11H2,1-3H3,(H,24,27,33)/t18-/m1/s1.